The molecule has 3 aromatic rings. The van der Waals surface area contributed by atoms with Gasteiger partial charge in [-0.2, -0.15) is 0 Å². The van der Waals surface area contributed by atoms with Crippen molar-refractivity contribution in [3.05, 3.63) is 64.7 Å². The Kier molecular flexibility index (Phi) is 6.27. The number of anilines is 1. The van der Waals surface area contributed by atoms with Crippen molar-refractivity contribution in [2.45, 2.75) is 19.0 Å². The van der Waals surface area contributed by atoms with Crippen LogP contribution in [0.25, 0.3) is 0 Å². The van der Waals surface area contributed by atoms with Crippen LogP contribution in [0.4, 0.5) is 5.13 Å². The lowest BCUT2D eigenvalue weighted by molar-refractivity contribution is -0.117. The molecule has 1 aliphatic heterocycles. The average Bonchev–Trinajstić information content (AvgIpc) is 3.44. The Hall–Kier alpha value is -3.59. The Morgan fingerprint density at radius 1 is 1.12 bits per heavy atom. The zero-order chi connectivity index (χ0) is 22.7. The Bertz CT molecular complexity index is 1130. The number of hydrogen-bond donors (Lipinski definition) is 1. The molecule has 0 bridgehead atoms. The molecule has 9 heteroatoms. The predicted molar refractivity (Wildman–Crippen MR) is 121 cm³/mol. The van der Waals surface area contributed by atoms with Gasteiger partial charge in [-0.15, -0.1) is 11.3 Å². The topological polar surface area (TPSA) is 90.0 Å². The predicted octanol–water partition coefficient (Wildman–Crippen LogP) is 3.89. The number of amides is 2. The van der Waals surface area contributed by atoms with Gasteiger partial charge in [0, 0.05) is 35.3 Å². The summed E-state index contributed by atoms with van der Waals surface area (Å²) in [4.78, 5) is 32.0. The quantitative estimate of drug-likeness (QED) is 0.557. The molecule has 1 atom stereocenters. The molecule has 0 saturated carbocycles. The molecule has 1 N–H and O–H groups in total. The number of hydrogen-bond acceptors (Lipinski definition) is 7. The second kappa shape index (κ2) is 9.27. The molecule has 2 amide bonds. The summed E-state index contributed by atoms with van der Waals surface area (Å²) in [7, 11) is 4.61. The van der Waals surface area contributed by atoms with Crippen molar-refractivity contribution in [2.24, 2.45) is 0 Å². The first kappa shape index (κ1) is 21.6. The summed E-state index contributed by atoms with van der Waals surface area (Å²) < 4.78 is 16.5. The number of nitrogens with one attached hydrogen (secondary N) is 1. The van der Waals surface area contributed by atoms with Crippen molar-refractivity contribution in [2.75, 3.05) is 26.6 Å². The lowest BCUT2D eigenvalue weighted by atomic mass is 9.99. The van der Waals surface area contributed by atoms with Gasteiger partial charge in [0.2, 0.25) is 5.91 Å². The number of carbonyl (C=O) groups excluding carboxylic acids is 2. The van der Waals surface area contributed by atoms with Crippen LogP contribution in [0.15, 0.2) is 48.0 Å². The number of nitrogens with zero attached hydrogens (tertiary/aromatic N) is 2. The van der Waals surface area contributed by atoms with Crippen molar-refractivity contribution in [1.29, 1.82) is 0 Å². The SMILES string of the molecule is COc1cc(OC)c(C(CC(=O)Nc2nccs2)N2Cc3ccccc3C2=O)cc1OC. The van der Waals surface area contributed by atoms with E-state index in [9.17, 15) is 9.59 Å². The molecule has 1 aliphatic rings. The van der Waals surface area contributed by atoms with Gasteiger partial charge in [-0.1, -0.05) is 18.2 Å². The van der Waals surface area contributed by atoms with E-state index in [1.54, 1.807) is 34.7 Å². The van der Waals surface area contributed by atoms with Crippen LogP contribution in [-0.4, -0.2) is 43.0 Å². The van der Waals surface area contributed by atoms with E-state index in [0.29, 0.717) is 40.1 Å². The van der Waals surface area contributed by atoms with Gasteiger partial charge in [-0.25, -0.2) is 4.98 Å². The van der Waals surface area contributed by atoms with Crippen molar-refractivity contribution >= 4 is 28.3 Å². The van der Waals surface area contributed by atoms with Gasteiger partial charge < -0.3 is 24.4 Å². The Labute approximate surface area is 189 Å². The van der Waals surface area contributed by atoms with E-state index in [1.165, 1.54) is 32.7 Å². The number of thiazole rings is 1. The summed E-state index contributed by atoms with van der Waals surface area (Å²) in [6.07, 6.45) is 1.64. The van der Waals surface area contributed by atoms with Gasteiger partial charge in [0.05, 0.1) is 33.8 Å². The van der Waals surface area contributed by atoms with Crippen LogP contribution in [0.2, 0.25) is 0 Å². The van der Waals surface area contributed by atoms with E-state index < -0.39 is 6.04 Å². The Morgan fingerprint density at radius 2 is 1.84 bits per heavy atom. The third kappa shape index (κ3) is 4.11. The molecule has 0 spiro atoms. The summed E-state index contributed by atoms with van der Waals surface area (Å²) in [5.74, 6) is 1.08. The van der Waals surface area contributed by atoms with Crippen molar-refractivity contribution in [3.8, 4) is 17.2 Å². The maximum Gasteiger partial charge on any atom is 0.255 e. The fraction of sp³-hybridized carbons (Fsp3) is 0.261. The van der Waals surface area contributed by atoms with Gasteiger partial charge in [0.25, 0.3) is 5.91 Å². The summed E-state index contributed by atoms with van der Waals surface area (Å²) in [5.41, 5.74) is 2.21. The number of methoxy groups -OCH3 is 3. The van der Waals surface area contributed by atoms with Crippen molar-refractivity contribution in [1.82, 2.24) is 9.88 Å². The molecule has 166 valence electrons. The van der Waals surface area contributed by atoms with Gasteiger partial charge >= 0.3 is 0 Å². The number of carbonyl (C=O) groups is 2. The summed E-state index contributed by atoms with van der Waals surface area (Å²) in [5, 5.41) is 5.09. The van der Waals surface area contributed by atoms with Crippen LogP contribution in [0.1, 0.15) is 33.9 Å². The summed E-state index contributed by atoms with van der Waals surface area (Å²) in [6, 6.07) is 10.3. The normalized spacial score (nSPS) is 13.5. The van der Waals surface area contributed by atoms with Crippen LogP contribution in [0.5, 0.6) is 17.2 Å². The van der Waals surface area contributed by atoms with E-state index >= 15 is 0 Å². The molecule has 4 rings (SSSR count). The first-order chi connectivity index (χ1) is 15.5. The minimum atomic E-state index is -0.593. The molecule has 1 unspecified atom stereocenters. The van der Waals surface area contributed by atoms with E-state index in [0.717, 1.165) is 5.56 Å². The number of rotatable bonds is 8. The average molecular weight is 454 g/mol. The first-order valence-electron chi connectivity index (χ1n) is 9.93. The lowest BCUT2D eigenvalue weighted by Crippen LogP contribution is -2.32. The molecular formula is C23H23N3O5S. The van der Waals surface area contributed by atoms with Crippen LogP contribution in [0, 0.1) is 0 Å². The minimum Gasteiger partial charge on any atom is -0.496 e. The molecule has 0 fully saturated rings. The molecule has 0 radical (unpaired) electrons. The second-order valence-corrected chi connectivity index (χ2v) is 8.04. The third-order valence-electron chi connectivity index (χ3n) is 5.38. The summed E-state index contributed by atoms with van der Waals surface area (Å²) >= 11 is 1.33. The number of aromatic nitrogens is 1. The van der Waals surface area contributed by atoms with E-state index in [-0.39, 0.29) is 18.2 Å². The zero-order valence-corrected chi connectivity index (χ0v) is 18.8. The van der Waals surface area contributed by atoms with Gasteiger partial charge in [0.15, 0.2) is 16.6 Å². The number of fused-ring (bicyclic) bond motifs is 1. The smallest absolute Gasteiger partial charge is 0.255 e. The first-order valence-corrected chi connectivity index (χ1v) is 10.8. The molecular weight excluding hydrogens is 430 g/mol. The number of benzene rings is 2. The molecule has 0 saturated heterocycles. The van der Waals surface area contributed by atoms with Crippen molar-refractivity contribution < 1.29 is 23.8 Å². The summed E-state index contributed by atoms with van der Waals surface area (Å²) in [6.45, 7) is 0.391. The van der Waals surface area contributed by atoms with Crippen LogP contribution in [0.3, 0.4) is 0 Å². The molecule has 32 heavy (non-hydrogen) atoms. The fourth-order valence-electron chi connectivity index (χ4n) is 3.86. The van der Waals surface area contributed by atoms with Crippen LogP contribution >= 0.6 is 11.3 Å². The van der Waals surface area contributed by atoms with Gasteiger partial charge in [0.1, 0.15) is 5.75 Å². The standard InChI is InChI=1S/C23H23N3O5S/c1-29-18-12-20(31-3)19(30-2)10-16(18)17(11-21(27)25-23-24-8-9-32-23)26-13-14-6-4-5-7-15(14)22(26)28/h4-10,12,17H,11,13H2,1-3H3,(H,24,25,27). The molecule has 1 aromatic heterocycles. The Balaban J connectivity index is 1.74. The zero-order valence-electron chi connectivity index (χ0n) is 18.0. The molecule has 8 nitrogen and oxygen atoms in total. The monoisotopic (exact) mass is 453 g/mol. The molecule has 2 aromatic carbocycles. The van der Waals surface area contributed by atoms with Crippen molar-refractivity contribution in [3.63, 3.8) is 0 Å². The van der Waals surface area contributed by atoms with E-state index in [1.807, 2.05) is 18.2 Å². The highest BCUT2D eigenvalue weighted by Crippen LogP contribution is 2.42. The maximum absolute atomic E-state index is 13.3. The minimum absolute atomic E-state index is 0.0190. The lowest BCUT2D eigenvalue weighted by Gasteiger charge is -2.29. The van der Waals surface area contributed by atoms with E-state index in [2.05, 4.69) is 10.3 Å². The fourth-order valence-corrected chi connectivity index (χ4v) is 4.41. The van der Waals surface area contributed by atoms with Crippen LogP contribution < -0.4 is 19.5 Å². The molecule has 2 heterocycles. The second-order valence-electron chi connectivity index (χ2n) is 7.14. The maximum atomic E-state index is 13.3. The highest BCUT2D eigenvalue weighted by Gasteiger charge is 2.36. The Morgan fingerprint density at radius 3 is 2.50 bits per heavy atom. The van der Waals surface area contributed by atoms with E-state index in [4.69, 9.17) is 14.2 Å². The van der Waals surface area contributed by atoms with Gasteiger partial charge in [-0.05, 0) is 17.7 Å². The van der Waals surface area contributed by atoms with Crippen LogP contribution in [-0.2, 0) is 11.3 Å². The number of ether oxygens (including phenoxy) is 3. The van der Waals surface area contributed by atoms with Gasteiger partial charge in [-0.3, -0.25) is 9.59 Å². The third-order valence-corrected chi connectivity index (χ3v) is 6.07. The largest absolute Gasteiger partial charge is 0.496 e. The highest BCUT2D eigenvalue weighted by atomic mass is 32.1. The highest BCUT2D eigenvalue weighted by molar-refractivity contribution is 7.13. The molecule has 0 aliphatic carbocycles.